The van der Waals surface area contributed by atoms with Crippen molar-refractivity contribution in [2.24, 2.45) is 5.73 Å². The van der Waals surface area contributed by atoms with Gasteiger partial charge in [0.05, 0.1) is 21.3 Å². The normalized spacial score (nSPS) is 10.0. The van der Waals surface area contributed by atoms with E-state index in [2.05, 4.69) is 10.6 Å². The molecule has 0 unspecified atom stereocenters. The maximum Gasteiger partial charge on any atom is 0.312 e. The Balaban J connectivity index is 2.03. The lowest BCUT2D eigenvalue weighted by Gasteiger charge is -2.14. The summed E-state index contributed by atoms with van der Waals surface area (Å²) in [5.74, 6) is 1.31. The van der Waals surface area contributed by atoms with Crippen LogP contribution in [-0.4, -0.2) is 33.3 Å². The van der Waals surface area contributed by atoms with Crippen LogP contribution in [0.5, 0.6) is 17.2 Å². The number of hydrogen-bond acceptors (Lipinski definition) is 5. The van der Waals surface area contributed by atoms with E-state index < -0.39 is 6.03 Å². The molecular weight excluding hydrogens is 350 g/mol. The number of benzene rings is 2. The number of nitrogens with two attached hydrogens (primary N) is 1. The lowest BCUT2D eigenvalue weighted by molar-refractivity contribution is 0.0950. The number of urea groups is 1. The molecule has 4 N–H and O–H groups in total. The maximum absolute atomic E-state index is 12.3. The van der Waals surface area contributed by atoms with Gasteiger partial charge in [-0.25, -0.2) is 4.79 Å². The summed E-state index contributed by atoms with van der Waals surface area (Å²) in [4.78, 5) is 23.1. The summed E-state index contributed by atoms with van der Waals surface area (Å²) in [6.07, 6.45) is 0. The molecule has 0 bridgehead atoms. The van der Waals surface area contributed by atoms with Gasteiger partial charge in [-0.05, 0) is 35.4 Å². The Morgan fingerprint density at radius 3 is 1.89 bits per heavy atom. The second kappa shape index (κ2) is 9.33. The highest BCUT2D eigenvalue weighted by Gasteiger charge is 2.14. The summed E-state index contributed by atoms with van der Waals surface area (Å²) in [7, 11) is 4.60. The van der Waals surface area contributed by atoms with Gasteiger partial charge in [-0.15, -0.1) is 0 Å². The third-order valence-corrected chi connectivity index (χ3v) is 3.86. The van der Waals surface area contributed by atoms with Gasteiger partial charge in [0.15, 0.2) is 11.5 Å². The lowest BCUT2D eigenvalue weighted by atomic mass is 10.1. The van der Waals surface area contributed by atoms with Crippen LogP contribution in [0.2, 0.25) is 0 Å². The Bertz CT molecular complexity index is 780. The molecule has 2 aromatic rings. The summed E-state index contributed by atoms with van der Waals surface area (Å²) < 4.78 is 15.9. The zero-order valence-electron chi connectivity index (χ0n) is 15.5. The molecule has 0 aliphatic heterocycles. The van der Waals surface area contributed by atoms with Crippen LogP contribution in [0.4, 0.5) is 4.79 Å². The number of nitrogens with one attached hydrogen (secondary N) is 2. The van der Waals surface area contributed by atoms with E-state index in [0.29, 0.717) is 35.9 Å². The van der Waals surface area contributed by atoms with Crippen LogP contribution in [0.3, 0.4) is 0 Å². The highest BCUT2D eigenvalue weighted by Crippen LogP contribution is 2.38. The summed E-state index contributed by atoms with van der Waals surface area (Å²) in [6.45, 7) is 0.600. The number of carbonyl (C=O) groups is 2. The SMILES string of the molecule is COc1cc(CNC(=O)c2ccc(CNC(N)=O)cc2)cc(OC)c1OC. The second-order valence-electron chi connectivity index (χ2n) is 5.63. The standard InChI is InChI=1S/C19H23N3O5/c1-25-15-8-13(9-16(26-2)17(15)27-3)11-21-18(23)14-6-4-12(5-7-14)10-22-19(20)24/h4-9H,10-11H2,1-3H3,(H,21,23)(H3,20,22,24). The Morgan fingerprint density at radius 2 is 1.41 bits per heavy atom. The molecule has 0 fully saturated rings. The Morgan fingerprint density at radius 1 is 0.852 bits per heavy atom. The molecule has 0 heterocycles. The zero-order valence-corrected chi connectivity index (χ0v) is 15.5. The van der Waals surface area contributed by atoms with Gasteiger partial charge in [-0.3, -0.25) is 4.79 Å². The lowest BCUT2D eigenvalue weighted by Crippen LogP contribution is -2.28. The van der Waals surface area contributed by atoms with E-state index in [4.69, 9.17) is 19.9 Å². The molecule has 27 heavy (non-hydrogen) atoms. The summed E-state index contributed by atoms with van der Waals surface area (Å²) in [5.41, 5.74) is 7.19. The van der Waals surface area contributed by atoms with Crippen molar-refractivity contribution >= 4 is 11.9 Å². The van der Waals surface area contributed by atoms with Crippen molar-refractivity contribution in [1.29, 1.82) is 0 Å². The number of methoxy groups -OCH3 is 3. The van der Waals surface area contributed by atoms with Gasteiger partial charge in [0, 0.05) is 18.7 Å². The maximum atomic E-state index is 12.3. The predicted octanol–water partition coefficient (Wildman–Crippen LogP) is 1.81. The average molecular weight is 373 g/mol. The highest BCUT2D eigenvalue weighted by atomic mass is 16.5. The number of ether oxygens (including phenoxy) is 3. The molecule has 2 aromatic carbocycles. The highest BCUT2D eigenvalue weighted by molar-refractivity contribution is 5.94. The first-order chi connectivity index (χ1) is 13.0. The van der Waals surface area contributed by atoms with Crippen LogP contribution in [0.15, 0.2) is 36.4 Å². The first-order valence-corrected chi connectivity index (χ1v) is 8.17. The predicted molar refractivity (Wildman–Crippen MR) is 100 cm³/mol. The Kier molecular flexibility index (Phi) is 6.87. The minimum absolute atomic E-state index is 0.224. The molecule has 2 rings (SSSR count). The van der Waals surface area contributed by atoms with Crippen molar-refractivity contribution in [2.45, 2.75) is 13.1 Å². The molecule has 0 saturated carbocycles. The molecule has 8 heteroatoms. The van der Waals surface area contributed by atoms with Gasteiger partial charge in [-0.2, -0.15) is 0 Å². The van der Waals surface area contributed by atoms with Crippen molar-refractivity contribution in [3.05, 3.63) is 53.1 Å². The van der Waals surface area contributed by atoms with E-state index in [1.165, 1.54) is 21.3 Å². The third kappa shape index (κ3) is 5.27. The molecule has 3 amide bonds. The van der Waals surface area contributed by atoms with Crippen LogP contribution in [0, 0.1) is 0 Å². The van der Waals surface area contributed by atoms with Gasteiger partial charge >= 0.3 is 6.03 Å². The zero-order chi connectivity index (χ0) is 19.8. The first kappa shape index (κ1) is 19.9. The van der Waals surface area contributed by atoms with Crippen LogP contribution in [0.25, 0.3) is 0 Å². The minimum Gasteiger partial charge on any atom is -0.493 e. The number of amides is 3. The molecule has 8 nitrogen and oxygen atoms in total. The van der Waals surface area contributed by atoms with Crippen molar-refractivity contribution in [1.82, 2.24) is 10.6 Å². The Labute approximate surface area is 157 Å². The molecule has 0 aromatic heterocycles. The number of hydrogen-bond donors (Lipinski definition) is 3. The number of rotatable bonds is 8. The largest absolute Gasteiger partial charge is 0.493 e. The van der Waals surface area contributed by atoms with Gasteiger partial charge in [-0.1, -0.05) is 12.1 Å². The average Bonchev–Trinajstić information content (AvgIpc) is 2.69. The summed E-state index contributed by atoms with van der Waals surface area (Å²) in [5, 5.41) is 5.34. The van der Waals surface area contributed by atoms with E-state index in [1.54, 1.807) is 36.4 Å². The van der Waals surface area contributed by atoms with Crippen LogP contribution >= 0.6 is 0 Å². The van der Waals surface area contributed by atoms with E-state index in [9.17, 15) is 9.59 Å². The molecule has 0 atom stereocenters. The van der Waals surface area contributed by atoms with Crippen molar-refractivity contribution < 1.29 is 23.8 Å². The van der Waals surface area contributed by atoms with Crippen molar-refractivity contribution in [3.63, 3.8) is 0 Å². The molecule has 144 valence electrons. The molecular formula is C19H23N3O5. The fraction of sp³-hybridized carbons (Fsp3) is 0.263. The fourth-order valence-electron chi connectivity index (χ4n) is 2.49. The van der Waals surface area contributed by atoms with Gasteiger partial charge in [0.2, 0.25) is 5.75 Å². The third-order valence-electron chi connectivity index (χ3n) is 3.86. The van der Waals surface area contributed by atoms with E-state index >= 15 is 0 Å². The van der Waals surface area contributed by atoms with Crippen LogP contribution in [0.1, 0.15) is 21.5 Å². The van der Waals surface area contributed by atoms with Gasteiger partial charge < -0.3 is 30.6 Å². The van der Waals surface area contributed by atoms with E-state index in [1.807, 2.05) is 0 Å². The van der Waals surface area contributed by atoms with Gasteiger partial charge in [0.25, 0.3) is 5.91 Å². The summed E-state index contributed by atoms with van der Waals surface area (Å²) in [6, 6.07) is 9.84. The fourth-order valence-corrected chi connectivity index (χ4v) is 2.49. The molecule has 0 radical (unpaired) electrons. The van der Waals surface area contributed by atoms with Crippen LogP contribution in [-0.2, 0) is 13.1 Å². The first-order valence-electron chi connectivity index (χ1n) is 8.17. The smallest absolute Gasteiger partial charge is 0.312 e. The topological polar surface area (TPSA) is 112 Å². The number of primary amides is 1. The second-order valence-corrected chi connectivity index (χ2v) is 5.63. The van der Waals surface area contributed by atoms with E-state index in [0.717, 1.165) is 11.1 Å². The van der Waals surface area contributed by atoms with Crippen molar-refractivity contribution in [3.8, 4) is 17.2 Å². The molecule has 0 spiro atoms. The van der Waals surface area contributed by atoms with Crippen molar-refractivity contribution in [2.75, 3.05) is 21.3 Å². The number of carbonyl (C=O) groups excluding carboxylic acids is 2. The van der Waals surface area contributed by atoms with Gasteiger partial charge in [0.1, 0.15) is 0 Å². The minimum atomic E-state index is -0.595. The Hall–Kier alpha value is -3.42. The molecule has 0 saturated heterocycles. The monoisotopic (exact) mass is 373 g/mol. The van der Waals surface area contributed by atoms with Crippen LogP contribution < -0.4 is 30.6 Å². The molecule has 0 aliphatic rings. The molecule has 0 aliphatic carbocycles. The quantitative estimate of drug-likeness (QED) is 0.653. The summed E-state index contributed by atoms with van der Waals surface area (Å²) >= 11 is 0. The van der Waals surface area contributed by atoms with E-state index in [-0.39, 0.29) is 5.91 Å².